The highest BCUT2D eigenvalue weighted by Crippen LogP contribution is 2.06. The Hall–Kier alpha value is -0.570. The second-order valence-electron chi connectivity index (χ2n) is 2.18. The van der Waals surface area contributed by atoms with Crippen LogP contribution in [0.5, 0.6) is 0 Å². The standard InChI is InChI=1S/C6H11NO2/c8-9-6-4-2-1-3-5-7-6/h8H,1-5H2. The van der Waals surface area contributed by atoms with E-state index in [1.807, 2.05) is 0 Å². The molecule has 3 heteroatoms. The zero-order valence-electron chi connectivity index (χ0n) is 5.34. The Bertz CT molecular complexity index is 112. The zero-order valence-corrected chi connectivity index (χ0v) is 5.34. The lowest BCUT2D eigenvalue weighted by Crippen LogP contribution is -1.99. The van der Waals surface area contributed by atoms with E-state index in [2.05, 4.69) is 9.88 Å². The van der Waals surface area contributed by atoms with E-state index in [9.17, 15) is 0 Å². The third-order valence-electron chi connectivity index (χ3n) is 1.44. The summed E-state index contributed by atoms with van der Waals surface area (Å²) in [5.41, 5.74) is 0. The predicted molar refractivity (Wildman–Crippen MR) is 34.5 cm³/mol. The molecule has 3 nitrogen and oxygen atoms in total. The molecule has 1 N–H and O–H groups in total. The molecule has 0 saturated carbocycles. The van der Waals surface area contributed by atoms with E-state index >= 15 is 0 Å². The molecule has 0 fully saturated rings. The quantitative estimate of drug-likeness (QED) is 0.397. The Labute approximate surface area is 54.3 Å². The molecule has 0 aromatic rings. The van der Waals surface area contributed by atoms with Gasteiger partial charge in [0, 0.05) is 13.0 Å². The molecule has 0 radical (unpaired) electrons. The molecule has 1 rings (SSSR count). The van der Waals surface area contributed by atoms with Gasteiger partial charge in [-0.2, -0.15) is 0 Å². The van der Waals surface area contributed by atoms with E-state index in [1.165, 1.54) is 6.42 Å². The third-order valence-corrected chi connectivity index (χ3v) is 1.44. The summed E-state index contributed by atoms with van der Waals surface area (Å²) < 4.78 is 0. The summed E-state index contributed by atoms with van der Waals surface area (Å²) in [6, 6.07) is 0. The van der Waals surface area contributed by atoms with Crippen molar-refractivity contribution in [3.63, 3.8) is 0 Å². The minimum atomic E-state index is 0.493. The number of aliphatic imine (C=N–C) groups is 1. The Morgan fingerprint density at radius 2 is 2.22 bits per heavy atom. The van der Waals surface area contributed by atoms with Gasteiger partial charge in [0.2, 0.25) is 5.90 Å². The monoisotopic (exact) mass is 129 g/mol. The van der Waals surface area contributed by atoms with Crippen molar-refractivity contribution in [1.29, 1.82) is 0 Å². The van der Waals surface area contributed by atoms with E-state index in [4.69, 9.17) is 5.26 Å². The van der Waals surface area contributed by atoms with Gasteiger partial charge in [-0.3, -0.25) is 4.99 Å². The summed E-state index contributed by atoms with van der Waals surface area (Å²) in [6.07, 6.45) is 4.18. The lowest BCUT2D eigenvalue weighted by Gasteiger charge is -1.95. The molecule has 0 spiro atoms. The molecular weight excluding hydrogens is 118 g/mol. The van der Waals surface area contributed by atoms with Gasteiger partial charge in [-0.15, -0.1) is 0 Å². The highest BCUT2D eigenvalue weighted by Gasteiger charge is 2.03. The molecule has 0 aliphatic carbocycles. The van der Waals surface area contributed by atoms with E-state index < -0.39 is 0 Å². The molecule has 1 aliphatic heterocycles. The summed E-state index contributed by atoms with van der Waals surface area (Å²) in [7, 11) is 0. The van der Waals surface area contributed by atoms with Crippen LogP contribution >= 0.6 is 0 Å². The van der Waals surface area contributed by atoms with E-state index in [0.29, 0.717) is 5.90 Å². The fourth-order valence-electron chi connectivity index (χ4n) is 0.922. The number of hydrogen-bond acceptors (Lipinski definition) is 3. The first-order chi connectivity index (χ1) is 4.43. The lowest BCUT2D eigenvalue weighted by atomic mass is 10.2. The summed E-state index contributed by atoms with van der Waals surface area (Å²) >= 11 is 0. The van der Waals surface area contributed by atoms with E-state index in [0.717, 1.165) is 25.8 Å². The topological polar surface area (TPSA) is 41.8 Å². The van der Waals surface area contributed by atoms with E-state index in [-0.39, 0.29) is 0 Å². The maximum Gasteiger partial charge on any atom is 0.227 e. The van der Waals surface area contributed by atoms with Gasteiger partial charge in [-0.25, -0.2) is 5.26 Å². The van der Waals surface area contributed by atoms with Gasteiger partial charge < -0.3 is 4.89 Å². The maximum atomic E-state index is 8.19. The first kappa shape index (κ1) is 6.55. The molecule has 1 aliphatic rings. The number of nitrogens with zero attached hydrogens (tertiary/aromatic N) is 1. The van der Waals surface area contributed by atoms with Crippen LogP contribution in [0.4, 0.5) is 0 Å². The van der Waals surface area contributed by atoms with Crippen molar-refractivity contribution in [2.45, 2.75) is 25.7 Å². The van der Waals surface area contributed by atoms with Gasteiger partial charge in [-0.1, -0.05) is 6.42 Å². The molecule has 0 bridgehead atoms. The first-order valence-corrected chi connectivity index (χ1v) is 3.28. The lowest BCUT2D eigenvalue weighted by molar-refractivity contribution is -0.157. The van der Waals surface area contributed by atoms with Crippen molar-refractivity contribution in [3.05, 3.63) is 0 Å². The Morgan fingerprint density at radius 3 is 3.00 bits per heavy atom. The summed E-state index contributed by atoms with van der Waals surface area (Å²) in [6.45, 7) is 0.801. The highest BCUT2D eigenvalue weighted by molar-refractivity contribution is 5.75. The Morgan fingerprint density at radius 1 is 1.33 bits per heavy atom. The largest absolute Gasteiger partial charge is 0.325 e. The third kappa shape index (κ3) is 2.01. The SMILES string of the molecule is OOC1=NCCCCC1. The molecule has 1 heterocycles. The van der Waals surface area contributed by atoms with Crippen LogP contribution in [0.3, 0.4) is 0 Å². The van der Waals surface area contributed by atoms with Crippen molar-refractivity contribution >= 4 is 5.90 Å². The van der Waals surface area contributed by atoms with Crippen LogP contribution in [0.2, 0.25) is 0 Å². The minimum Gasteiger partial charge on any atom is -0.325 e. The molecule has 0 aromatic heterocycles. The molecule has 9 heavy (non-hydrogen) atoms. The highest BCUT2D eigenvalue weighted by atomic mass is 17.1. The average Bonchev–Trinajstić information content (AvgIpc) is 2.13. The molecule has 0 atom stereocenters. The number of hydrogen-bond donors (Lipinski definition) is 1. The smallest absolute Gasteiger partial charge is 0.227 e. The average molecular weight is 129 g/mol. The van der Waals surface area contributed by atoms with Crippen molar-refractivity contribution in [2.24, 2.45) is 4.99 Å². The molecular formula is C6H11NO2. The van der Waals surface area contributed by atoms with Gasteiger partial charge in [0.05, 0.1) is 0 Å². The van der Waals surface area contributed by atoms with Gasteiger partial charge in [0.1, 0.15) is 0 Å². The van der Waals surface area contributed by atoms with E-state index in [1.54, 1.807) is 0 Å². The fourth-order valence-corrected chi connectivity index (χ4v) is 0.922. The van der Waals surface area contributed by atoms with Crippen LogP contribution in [0.25, 0.3) is 0 Å². The zero-order chi connectivity index (χ0) is 6.53. The first-order valence-electron chi connectivity index (χ1n) is 3.28. The van der Waals surface area contributed by atoms with Crippen LogP contribution in [-0.4, -0.2) is 17.7 Å². The second kappa shape index (κ2) is 3.45. The van der Waals surface area contributed by atoms with Crippen molar-refractivity contribution in [3.8, 4) is 0 Å². The van der Waals surface area contributed by atoms with Gasteiger partial charge in [0.15, 0.2) is 0 Å². The Balaban J connectivity index is 2.37. The fraction of sp³-hybridized carbons (Fsp3) is 0.833. The van der Waals surface area contributed by atoms with Crippen molar-refractivity contribution in [1.82, 2.24) is 0 Å². The van der Waals surface area contributed by atoms with Crippen molar-refractivity contribution in [2.75, 3.05) is 6.54 Å². The molecule has 0 aromatic carbocycles. The normalized spacial score (nSPS) is 20.3. The molecule has 52 valence electrons. The molecule has 0 saturated heterocycles. The second-order valence-corrected chi connectivity index (χ2v) is 2.18. The van der Waals surface area contributed by atoms with Crippen molar-refractivity contribution < 1.29 is 10.1 Å². The summed E-state index contributed by atoms with van der Waals surface area (Å²) in [5.74, 6) is 0.493. The molecule has 0 amide bonds. The van der Waals surface area contributed by atoms with Gasteiger partial charge >= 0.3 is 0 Å². The van der Waals surface area contributed by atoms with Crippen LogP contribution in [-0.2, 0) is 4.89 Å². The predicted octanol–water partition coefficient (Wildman–Crippen LogP) is 1.45. The van der Waals surface area contributed by atoms with Gasteiger partial charge in [0.25, 0.3) is 0 Å². The Kier molecular flexibility index (Phi) is 2.51. The van der Waals surface area contributed by atoms with Crippen LogP contribution in [0.1, 0.15) is 25.7 Å². The van der Waals surface area contributed by atoms with Crippen LogP contribution in [0.15, 0.2) is 4.99 Å². The number of rotatable bonds is 0. The van der Waals surface area contributed by atoms with Crippen LogP contribution in [0, 0.1) is 0 Å². The maximum absolute atomic E-state index is 8.19. The van der Waals surface area contributed by atoms with Crippen LogP contribution < -0.4 is 0 Å². The van der Waals surface area contributed by atoms with Gasteiger partial charge in [-0.05, 0) is 12.8 Å². The summed E-state index contributed by atoms with van der Waals surface area (Å²) in [4.78, 5) is 8.01. The summed E-state index contributed by atoms with van der Waals surface area (Å²) in [5, 5.41) is 8.19. The minimum absolute atomic E-state index is 0.493. The molecule has 0 unspecified atom stereocenters.